The number of unbranched alkanes of at least 4 members (excludes halogenated alkanes) is 1. The number of nitrogens with zero attached hydrogens (tertiary/aromatic N) is 2. The van der Waals surface area contributed by atoms with Crippen LogP contribution in [0.4, 0.5) is 11.5 Å². The van der Waals surface area contributed by atoms with E-state index < -0.39 is 11.2 Å². The van der Waals surface area contributed by atoms with E-state index in [2.05, 4.69) is 4.98 Å². The molecule has 0 radical (unpaired) electrons. The van der Waals surface area contributed by atoms with Gasteiger partial charge in [0.05, 0.1) is 13.2 Å². The Morgan fingerprint density at radius 2 is 1.92 bits per heavy atom. The zero-order valence-corrected chi connectivity index (χ0v) is 13.9. The SMILES string of the molecule is CCCCN(CCO)c1c(N)n(Cc2ccccc2)c(=O)[nH]c1=O. The van der Waals surface area contributed by atoms with Crippen molar-refractivity contribution in [3.63, 3.8) is 0 Å². The molecule has 0 fully saturated rings. The van der Waals surface area contributed by atoms with Gasteiger partial charge in [-0.3, -0.25) is 14.3 Å². The first-order valence-corrected chi connectivity index (χ1v) is 8.10. The molecule has 0 spiro atoms. The molecule has 7 heteroatoms. The minimum absolute atomic E-state index is 0.0968. The van der Waals surface area contributed by atoms with Crippen molar-refractivity contribution in [2.45, 2.75) is 26.3 Å². The number of aliphatic hydroxyl groups is 1. The standard InChI is InChI=1S/C17H24N4O3/c1-2-3-9-20(10-11-22)14-15(18)21(17(24)19-16(14)23)12-13-7-5-4-6-8-13/h4-8,22H,2-3,9-12,18H2,1H3,(H,19,23,24). The van der Waals surface area contributed by atoms with Gasteiger partial charge in [0.2, 0.25) is 0 Å². The lowest BCUT2D eigenvalue weighted by atomic mass is 10.2. The third-order valence-corrected chi connectivity index (χ3v) is 3.87. The highest BCUT2D eigenvalue weighted by Gasteiger charge is 2.18. The molecule has 0 saturated carbocycles. The van der Waals surface area contributed by atoms with Gasteiger partial charge in [0.15, 0.2) is 0 Å². The van der Waals surface area contributed by atoms with E-state index in [4.69, 9.17) is 5.73 Å². The van der Waals surface area contributed by atoms with E-state index in [0.717, 1.165) is 18.4 Å². The molecule has 0 saturated heterocycles. The average Bonchev–Trinajstić information content (AvgIpc) is 2.57. The number of nitrogens with two attached hydrogens (primary N) is 1. The van der Waals surface area contributed by atoms with E-state index in [1.54, 1.807) is 4.90 Å². The smallest absolute Gasteiger partial charge is 0.330 e. The van der Waals surface area contributed by atoms with Crippen LogP contribution in [0.1, 0.15) is 25.3 Å². The van der Waals surface area contributed by atoms with Crippen LogP contribution in [0.3, 0.4) is 0 Å². The Balaban J connectivity index is 2.46. The molecule has 130 valence electrons. The van der Waals surface area contributed by atoms with E-state index in [0.29, 0.717) is 6.54 Å². The van der Waals surface area contributed by atoms with Crippen molar-refractivity contribution in [1.29, 1.82) is 0 Å². The predicted molar refractivity (Wildman–Crippen MR) is 95.5 cm³/mol. The van der Waals surface area contributed by atoms with Gasteiger partial charge >= 0.3 is 5.69 Å². The van der Waals surface area contributed by atoms with Crippen molar-refractivity contribution in [2.24, 2.45) is 0 Å². The van der Waals surface area contributed by atoms with Gasteiger partial charge in [-0.25, -0.2) is 4.79 Å². The zero-order chi connectivity index (χ0) is 17.5. The van der Waals surface area contributed by atoms with Gasteiger partial charge in [-0.05, 0) is 12.0 Å². The minimum atomic E-state index is -0.537. The second-order valence-corrected chi connectivity index (χ2v) is 5.63. The Morgan fingerprint density at radius 3 is 2.54 bits per heavy atom. The Labute approximate surface area is 140 Å². The average molecular weight is 332 g/mol. The number of aromatic amines is 1. The molecule has 2 rings (SSSR count). The van der Waals surface area contributed by atoms with Crippen LogP contribution in [0, 0.1) is 0 Å². The van der Waals surface area contributed by atoms with Crippen LogP contribution < -0.4 is 21.9 Å². The van der Waals surface area contributed by atoms with Crippen LogP contribution >= 0.6 is 0 Å². The number of nitrogens with one attached hydrogen (secondary N) is 1. The van der Waals surface area contributed by atoms with Crippen molar-refractivity contribution in [2.75, 3.05) is 30.3 Å². The van der Waals surface area contributed by atoms with Crippen molar-refractivity contribution in [3.05, 3.63) is 56.7 Å². The Kier molecular flexibility index (Phi) is 6.20. The van der Waals surface area contributed by atoms with Crippen LogP contribution in [-0.2, 0) is 6.54 Å². The number of hydrogen-bond donors (Lipinski definition) is 3. The van der Waals surface area contributed by atoms with Crippen LogP contribution in [0.15, 0.2) is 39.9 Å². The molecular weight excluding hydrogens is 308 g/mol. The van der Waals surface area contributed by atoms with E-state index >= 15 is 0 Å². The summed E-state index contributed by atoms with van der Waals surface area (Å²) < 4.78 is 1.35. The van der Waals surface area contributed by atoms with Crippen LogP contribution in [0.25, 0.3) is 0 Å². The molecule has 0 amide bonds. The third-order valence-electron chi connectivity index (χ3n) is 3.87. The Bertz CT molecular complexity index is 768. The predicted octanol–water partition coefficient (Wildman–Crippen LogP) is 0.766. The summed E-state index contributed by atoms with van der Waals surface area (Å²) in [6.07, 6.45) is 1.81. The highest BCUT2D eigenvalue weighted by atomic mass is 16.3. The summed E-state index contributed by atoms with van der Waals surface area (Å²) in [6, 6.07) is 9.42. The Morgan fingerprint density at radius 1 is 1.21 bits per heavy atom. The molecule has 1 heterocycles. The number of aliphatic hydroxyl groups excluding tert-OH is 1. The maximum absolute atomic E-state index is 12.3. The van der Waals surface area contributed by atoms with Gasteiger partial charge in [-0.15, -0.1) is 0 Å². The van der Waals surface area contributed by atoms with E-state index in [1.165, 1.54) is 4.57 Å². The van der Waals surface area contributed by atoms with Gasteiger partial charge < -0.3 is 15.7 Å². The van der Waals surface area contributed by atoms with Gasteiger partial charge in [-0.2, -0.15) is 0 Å². The highest BCUT2D eigenvalue weighted by molar-refractivity contribution is 5.62. The van der Waals surface area contributed by atoms with Gasteiger partial charge in [0.25, 0.3) is 5.56 Å². The number of rotatable bonds is 8. The third kappa shape index (κ3) is 4.05. The molecule has 0 unspecified atom stereocenters. The van der Waals surface area contributed by atoms with Crippen molar-refractivity contribution < 1.29 is 5.11 Å². The fraction of sp³-hybridized carbons (Fsp3) is 0.412. The van der Waals surface area contributed by atoms with Crippen molar-refractivity contribution in [3.8, 4) is 0 Å². The van der Waals surface area contributed by atoms with Crippen molar-refractivity contribution >= 4 is 11.5 Å². The first kappa shape index (κ1) is 17.8. The maximum atomic E-state index is 12.3. The quantitative estimate of drug-likeness (QED) is 0.662. The lowest BCUT2D eigenvalue weighted by Crippen LogP contribution is -2.40. The molecule has 0 aliphatic heterocycles. The molecule has 1 aromatic heterocycles. The normalized spacial score (nSPS) is 10.8. The lowest BCUT2D eigenvalue weighted by molar-refractivity contribution is 0.301. The van der Waals surface area contributed by atoms with Crippen LogP contribution in [0.2, 0.25) is 0 Å². The molecule has 0 bridgehead atoms. The molecule has 4 N–H and O–H groups in total. The molecule has 2 aromatic rings. The monoisotopic (exact) mass is 332 g/mol. The number of anilines is 2. The van der Waals surface area contributed by atoms with Crippen LogP contribution in [-0.4, -0.2) is 34.4 Å². The number of nitrogen functional groups attached to an aromatic ring is 1. The summed E-state index contributed by atoms with van der Waals surface area (Å²) in [5, 5.41) is 9.27. The zero-order valence-electron chi connectivity index (χ0n) is 13.9. The minimum Gasteiger partial charge on any atom is -0.395 e. The lowest BCUT2D eigenvalue weighted by Gasteiger charge is -2.25. The molecule has 24 heavy (non-hydrogen) atoms. The molecule has 7 nitrogen and oxygen atoms in total. The topological polar surface area (TPSA) is 104 Å². The maximum Gasteiger partial charge on any atom is 0.330 e. The second-order valence-electron chi connectivity index (χ2n) is 5.63. The number of hydrogen-bond acceptors (Lipinski definition) is 5. The van der Waals surface area contributed by atoms with E-state index in [1.807, 2.05) is 37.3 Å². The first-order valence-electron chi connectivity index (χ1n) is 8.10. The second kappa shape index (κ2) is 8.35. The summed E-state index contributed by atoms with van der Waals surface area (Å²) in [5.74, 6) is 0.122. The Hall–Kier alpha value is -2.54. The number of benzene rings is 1. The van der Waals surface area contributed by atoms with E-state index in [-0.39, 0.29) is 31.2 Å². The molecule has 0 aliphatic carbocycles. The van der Waals surface area contributed by atoms with Crippen LogP contribution in [0.5, 0.6) is 0 Å². The summed E-state index contributed by atoms with van der Waals surface area (Å²) in [7, 11) is 0. The van der Waals surface area contributed by atoms with Gasteiger partial charge in [-0.1, -0.05) is 43.7 Å². The fourth-order valence-electron chi connectivity index (χ4n) is 2.61. The number of H-pyrrole nitrogens is 1. The highest BCUT2D eigenvalue weighted by Crippen LogP contribution is 2.18. The van der Waals surface area contributed by atoms with Crippen molar-refractivity contribution in [1.82, 2.24) is 9.55 Å². The summed E-state index contributed by atoms with van der Waals surface area (Å²) in [5.41, 5.74) is 6.25. The summed E-state index contributed by atoms with van der Waals surface area (Å²) in [6.45, 7) is 3.10. The molecule has 0 aliphatic rings. The summed E-state index contributed by atoms with van der Waals surface area (Å²) >= 11 is 0. The van der Waals surface area contributed by atoms with E-state index in [9.17, 15) is 14.7 Å². The molecular formula is C17H24N4O3. The summed E-state index contributed by atoms with van der Waals surface area (Å²) in [4.78, 5) is 28.5. The number of aromatic nitrogens is 2. The first-order chi connectivity index (χ1) is 11.6. The largest absolute Gasteiger partial charge is 0.395 e. The fourth-order valence-corrected chi connectivity index (χ4v) is 2.61. The molecule has 1 aromatic carbocycles. The van der Waals surface area contributed by atoms with Gasteiger partial charge in [0, 0.05) is 13.1 Å². The van der Waals surface area contributed by atoms with Gasteiger partial charge in [0.1, 0.15) is 11.5 Å². The molecule has 0 atom stereocenters.